The average molecular weight is 410 g/mol. The number of benzene rings is 2. The Bertz CT molecular complexity index is 962. The van der Waals surface area contributed by atoms with Crippen LogP contribution in [-0.2, 0) is 13.0 Å². The van der Waals surface area contributed by atoms with Crippen molar-refractivity contribution >= 4 is 33.4 Å². The highest BCUT2D eigenvalue weighted by Crippen LogP contribution is 2.25. The number of carbonyl (C=O) groups is 2. The largest absolute Gasteiger partial charge is 0.339 e. The number of hydrogen-bond acceptors (Lipinski definition) is 3. The summed E-state index contributed by atoms with van der Waals surface area (Å²) < 4.78 is 1.27. The Morgan fingerprint density at radius 3 is 2.41 bits per heavy atom. The van der Waals surface area contributed by atoms with Gasteiger partial charge in [-0.15, -0.1) is 11.3 Å². The number of nitrogens with zero attached hydrogens (tertiary/aromatic N) is 1. The van der Waals surface area contributed by atoms with E-state index in [4.69, 9.17) is 0 Å². The van der Waals surface area contributed by atoms with Gasteiger partial charge in [-0.1, -0.05) is 30.3 Å². The van der Waals surface area contributed by atoms with Crippen molar-refractivity contribution in [1.82, 2.24) is 15.5 Å². The summed E-state index contributed by atoms with van der Waals surface area (Å²) in [7, 11) is 0. The monoisotopic (exact) mass is 409 g/mol. The van der Waals surface area contributed by atoms with Gasteiger partial charge in [0.05, 0.1) is 0 Å². The fourth-order valence-corrected chi connectivity index (χ4v) is 4.24. The van der Waals surface area contributed by atoms with Crippen molar-refractivity contribution in [2.24, 2.45) is 0 Å². The third-order valence-electron chi connectivity index (χ3n) is 4.95. The number of urea groups is 1. The molecule has 1 heterocycles. The van der Waals surface area contributed by atoms with Gasteiger partial charge in [-0.2, -0.15) is 0 Å². The van der Waals surface area contributed by atoms with Crippen LogP contribution in [0.2, 0.25) is 0 Å². The van der Waals surface area contributed by atoms with Crippen molar-refractivity contribution in [3.8, 4) is 0 Å². The van der Waals surface area contributed by atoms with Crippen LogP contribution in [-0.4, -0.2) is 36.5 Å². The summed E-state index contributed by atoms with van der Waals surface area (Å²) >= 11 is 1.73. The minimum Gasteiger partial charge on any atom is -0.339 e. The van der Waals surface area contributed by atoms with Crippen LogP contribution in [0.25, 0.3) is 10.1 Å². The molecular weight excluding hydrogens is 382 g/mol. The molecule has 152 valence electrons. The fraction of sp³-hybridized carbons (Fsp3) is 0.304. The van der Waals surface area contributed by atoms with Crippen LogP contribution < -0.4 is 10.6 Å². The highest BCUT2D eigenvalue weighted by Gasteiger charge is 2.12. The molecule has 1 aromatic heterocycles. The minimum absolute atomic E-state index is 0.0354. The Kier molecular flexibility index (Phi) is 7.25. The van der Waals surface area contributed by atoms with Crippen LogP contribution in [0, 0.1) is 0 Å². The van der Waals surface area contributed by atoms with Crippen molar-refractivity contribution in [1.29, 1.82) is 0 Å². The molecule has 29 heavy (non-hydrogen) atoms. The molecule has 3 amide bonds. The first-order valence-corrected chi connectivity index (χ1v) is 10.8. The summed E-state index contributed by atoms with van der Waals surface area (Å²) in [5.41, 5.74) is 2.89. The van der Waals surface area contributed by atoms with Gasteiger partial charge in [0.25, 0.3) is 5.91 Å². The van der Waals surface area contributed by atoms with Gasteiger partial charge in [-0.25, -0.2) is 4.79 Å². The van der Waals surface area contributed by atoms with Gasteiger partial charge in [0, 0.05) is 36.4 Å². The lowest BCUT2D eigenvalue weighted by Gasteiger charge is -2.18. The molecule has 3 aromatic rings. The Morgan fingerprint density at radius 1 is 0.966 bits per heavy atom. The summed E-state index contributed by atoms with van der Waals surface area (Å²) in [6.07, 6.45) is 0.805. The Labute approximate surface area is 175 Å². The second-order valence-electron chi connectivity index (χ2n) is 6.79. The van der Waals surface area contributed by atoms with Gasteiger partial charge in [-0.05, 0) is 60.4 Å². The molecular formula is C23H27N3O2S. The van der Waals surface area contributed by atoms with E-state index in [1.54, 1.807) is 16.2 Å². The smallest absolute Gasteiger partial charge is 0.315 e. The average Bonchev–Trinajstić information content (AvgIpc) is 3.16. The van der Waals surface area contributed by atoms with Crippen molar-refractivity contribution in [3.05, 3.63) is 70.6 Å². The molecule has 0 fully saturated rings. The van der Waals surface area contributed by atoms with Crippen molar-refractivity contribution in [2.45, 2.75) is 26.8 Å². The lowest BCUT2D eigenvalue weighted by molar-refractivity contribution is 0.0773. The topological polar surface area (TPSA) is 61.4 Å². The number of amides is 3. The van der Waals surface area contributed by atoms with Crippen molar-refractivity contribution in [3.63, 3.8) is 0 Å². The maximum atomic E-state index is 12.3. The van der Waals surface area contributed by atoms with E-state index in [1.165, 1.54) is 15.6 Å². The molecule has 0 bridgehead atoms. The number of rotatable bonds is 8. The van der Waals surface area contributed by atoms with Crippen LogP contribution in [0.5, 0.6) is 0 Å². The lowest BCUT2D eigenvalue weighted by Crippen LogP contribution is -2.36. The molecule has 0 unspecified atom stereocenters. The highest BCUT2D eigenvalue weighted by atomic mass is 32.1. The van der Waals surface area contributed by atoms with E-state index in [2.05, 4.69) is 28.1 Å². The Hall–Kier alpha value is -2.86. The van der Waals surface area contributed by atoms with E-state index in [1.807, 2.05) is 50.2 Å². The predicted molar refractivity (Wildman–Crippen MR) is 119 cm³/mol. The lowest BCUT2D eigenvalue weighted by atomic mass is 10.1. The van der Waals surface area contributed by atoms with Crippen LogP contribution in [0.1, 0.15) is 35.3 Å². The van der Waals surface area contributed by atoms with Crippen LogP contribution in [0.4, 0.5) is 4.79 Å². The quantitative estimate of drug-likeness (QED) is 0.578. The van der Waals surface area contributed by atoms with E-state index >= 15 is 0 Å². The zero-order chi connectivity index (χ0) is 20.6. The van der Waals surface area contributed by atoms with Gasteiger partial charge in [0.2, 0.25) is 0 Å². The number of hydrogen-bond donors (Lipinski definition) is 2. The molecule has 0 radical (unpaired) electrons. The second kappa shape index (κ2) is 10.1. The summed E-state index contributed by atoms with van der Waals surface area (Å²) in [5, 5.41) is 9.20. The molecule has 0 aliphatic carbocycles. The molecule has 2 N–H and O–H groups in total. The van der Waals surface area contributed by atoms with Gasteiger partial charge in [0.1, 0.15) is 0 Å². The van der Waals surface area contributed by atoms with Gasteiger partial charge in [0.15, 0.2) is 0 Å². The Morgan fingerprint density at radius 2 is 1.69 bits per heavy atom. The molecule has 0 atom stereocenters. The molecule has 3 rings (SSSR count). The minimum atomic E-state index is -0.187. The van der Waals surface area contributed by atoms with Crippen molar-refractivity contribution in [2.75, 3.05) is 19.6 Å². The summed E-state index contributed by atoms with van der Waals surface area (Å²) in [6.45, 7) is 6.34. The number of fused-ring (bicyclic) bond motifs is 1. The van der Waals surface area contributed by atoms with Gasteiger partial charge >= 0.3 is 6.03 Å². The first kappa shape index (κ1) is 20.9. The zero-order valence-corrected chi connectivity index (χ0v) is 17.7. The molecule has 0 aliphatic rings. The molecule has 2 aromatic carbocycles. The van der Waals surface area contributed by atoms with Gasteiger partial charge < -0.3 is 15.5 Å². The number of carbonyl (C=O) groups excluding carboxylic acids is 2. The third kappa shape index (κ3) is 5.35. The van der Waals surface area contributed by atoms with Crippen molar-refractivity contribution < 1.29 is 9.59 Å². The molecule has 0 saturated carbocycles. The van der Waals surface area contributed by atoms with E-state index < -0.39 is 0 Å². The van der Waals surface area contributed by atoms with Gasteiger partial charge in [-0.3, -0.25) is 4.79 Å². The second-order valence-corrected chi connectivity index (χ2v) is 7.70. The maximum absolute atomic E-state index is 12.3. The SMILES string of the molecule is CCN(CC)C(=O)c1ccc(CNC(=O)NCCc2csc3ccccc23)cc1. The van der Waals surface area contributed by atoms with E-state index in [-0.39, 0.29) is 11.9 Å². The predicted octanol–water partition coefficient (Wildman–Crippen LogP) is 4.43. The van der Waals surface area contributed by atoms with E-state index in [0.29, 0.717) is 31.7 Å². The molecule has 0 spiro atoms. The molecule has 6 heteroatoms. The first-order chi connectivity index (χ1) is 14.1. The fourth-order valence-electron chi connectivity index (χ4n) is 3.24. The van der Waals surface area contributed by atoms with E-state index in [0.717, 1.165) is 12.0 Å². The Balaban J connectivity index is 1.44. The summed E-state index contributed by atoms with van der Waals surface area (Å²) in [4.78, 5) is 26.2. The highest BCUT2D eigenvalue weighted by molar-refractivity contribution is 7.17. The normalized spacial score (nSPS) is 10.7. The summed E-state index contributed by atoms with van der Waals surface area (Å²) in [5.74, 6) is 0.0354. The molecule has 0 aliphatic heterocycles. The van der Waals surface area contributed by atoms with Crippen LogP contribution in [0.15, 0.2) is 53.9 Å². The zero-order valence-electron chi connectivity index (χ0n) is 16.9. The third-order valence-corrected chi connectivity index (χ3v) is 5.96. The number of nitrogens with one attached hydrogen (secondary N) is 2. The molecule has 0 saturated heterocycles. The van der Waals surface area contributed by atoms with Crippen LogP contribution in [0.3, 0.4) is 0 Å². The first-order valence-electron chi connectivity index (χ1n) is 9.97. The van der Waals surface area contributed by atoms with Crippen LogP contribution >= 0.6 is 11.3 Å². The molecule has 5 nitrogen and oxygen atoms in total. The summed E-state index contributed by atoms with van der Waals surface area (Å²) in [6, 6.07) is 15.5. The maximum Gasteiger partial charge on any atom is 0.315 e. The van der Waals surface area contributed by atoms with E-state index in [9.17, 15) is 9.59 Å². The number of thiophene rings is 1. The standard InChI is InChI=1S/C23H27N3O2S/c1-3-26(4-2)22(27)18-11-9-17(10-12-18)15-25-23(28)24-14-13-19-16-29-21-8-6-5-7-20(19)21/h5-12,16H,3-4,13-15H2,1-2H3,(H2,24,25,28).